The second-order valence-electron chi connectivity index (χ2n) is 6.94. The van der Waals surface area contributed by atoms with E-state index in [1.54, 1.807) is 0 Å². The Hall–Kier alpha value is -1.68. The first-order valence-electron chi connectivity index (χ1n) is 9.34. The number of aliphatic hydroxyl groups is 2. The molecule has 160 valence electrons. The molecule has 7 nitrogen and oxygen atoms in total. The molecule has 1 aliphatic heterocycles. The topological polar surface area (TPSA) is 94.1 Å². The van der Waals surface area contributed by atoms with E-state index in [-0.39, 0.29) is 37.6 Å². The normalized spacial score (nSPS) is 23.6. The highest BCUT2D eigenvalue weighted by Gasteiger charge is 2.45. The van der Waals surface area contributed by atoms with Crippen LogP contribution in [0.25, 0.3) is 0 Å². The van der Waals surface area contributed by atoms with Crippen LogP contribution in [0.3, 0.4) is 0 Å². The minimum Gasteiger partial charge on any atom is -0.394 e. The van der Waals surface area contributed by atoms with Crippen LogP contribution >= 0.6 is 23.7 Å². The summed E-state index contributed by atoms with van der Waals surface area (Å²) >= 11 is 1.50. The van der Waals surface area contributed by atoms with Gasteiger partial charge in [0.2, 0.25) is 0 Å². The van der Waals surface area contributed by atoms with Crippen molar-refractivity contribution in [1.29, 1.82) is 0 Å². The molecule has 0 spiro atoms. The van der Waals surface area contributed by atoms with Crippen molar-refractivity contribution in [2.45, 2.75) is 30.8 Å². The third-order valence-electron chi connectivity index (χ3n) is 4.99. The van der Waals surface area contributed by atoms with Crippen LogP contribution in [0.15, 0.2) is 47.2 Å². The van der Waals surface area contributed by atoms with Gasteiger partial charge in [0.05, 0.1) is 24.4 Å². The molecular formula is C20H28ClN3O4S. The van der Waals surface area contributed by atoms with E-state index in [0.717, 1.165) is 18.7 Å². The quantitative estimate of drug-likeness (QED) is 0.502. The summed E-state index contributed by atoms with van der Waals surface area (Å²) in [5.74, 6) is 0. The zero-order valence-corrected chi connectivity index (χ0v) is 17.9. The molecule has 1 fully saturated rings. The lowest BCUT2D eigenvalue weighted by molar-refractivity contribution is -0.0205. The summed E-state index contributed by atoms with van der Waals surface area (Å²) in [5, 5.41) is 29.4. The number of ether oxygens (including phenoxy) is 1. The Balaban J connectivity index is 0.00000300. The first-order valence-corrected chi connectivity index (χ1v) is 10.3. The van der Waals surface area contributed by atoms with Gasteiger partial charge in [-0.05, 0) is 30.5 Å². The second kappa shape index (κ2) is 11.5. The Labute approximate surface area is 181 Å². The molecule has 1 saturated heterocycles. The summed E-state index contributed by atoms with van der Waals surface area (Å²) in [6.45, 7) is 0.705. The van der Waals surface area contributed by atoms with E-state index in [0.29, 0.717) is 0 Å². The van der Waals surface area contributed by atoms with E-state index in [9.17, 15) is 15.0 Å². The molecular weight excluding hydrogens is 414 g/mol. The number of nitrogens with zero attached hydrogens (tertiary/aromatic N) is 1. The van der Waals surface area contributed by atoms with Gasteiger partial charge >= 0.3 is 6.03 Å². The van der Waals surface area contributed by atoms with Crippen molar-refractivity contribution >= 4 is 35.5 Å². The summed E-state index contributed by atoms with van der Waals surface area (Å²) in [4.78, 5) is 14.1. The van der Waals surface area contributed by atoms with Crippen LogP contribution in [0.2, 0.25) is 0 Å². The maximum Gasteiger partial charge on any atom is 0.319 e. The number of halogens is 1. The summed E-state index contributed by atoms with van der Waals surface area (Å²) in [6, 6.07) is 11.3. The van der Waals surface area contributed by atoms with Gasteiger partial charge in [-0.1, -0.05) is 30.3 Å². The number of likely N-dealkylation sites (N-methyl/N-ethyl adjacent to an activating group) is 1. The number of urea groups is 1. The predicted octanol–water partition coefficient (Wildman–Crippen LogP) is 1.96. The van der Waals surface area contributed by atoms with Crippen LogP contribution in [0.4, 0.5) is 10.5 Å². The van der Waals surface area contributed by atoms with Gasteiger partial charge in [-0.3, -0.25) is 4.90 Å². The third-order valence-corrected chi connectivity index (χ3v) is 5.67. The number of aliphatic hydroxyl groups excluding tert-OH is 2. The highest BCUT2D eigenvalue weighted by atomic mass is 35.5. The molecule has 9 heteroatoms. The number of hydrogen-bond acceptors (Lipinski definition) is 6. The largest absolute Gasteiger partial charge is 0.394 e. The standard InChI is InChI=1S/C20H27N3O4S.ClH/c1-23(9-7-14-5-3-2-4-6-14)18-16(27-17(12-24)19(18)25)11-21-20(26)22-15-8-10-28-13-15;/h2-6,8,10,13,16-19,24-25H,7,9,11-12H2,1H3,(H2,21,22,26);1H/t16-,17+,18+,19-;/m1./s1. The molecule has 2 aromatic rings. The number of hydrogen-bond donors (Lipinski definition) is 4. The number of anilines is 1. The fraction of sp³-hybridized carbons (Fsp3) is 0.450. The Bertz CT molecular complexity index is 735. The number of thiophene rings is 1. The zero-order chi connectivity index (χ0) is 19.9. The number of amides is 2. The Morgan fingerprint density at radius 1 is 1.24 bits per heavy atom. The highest BCUT2D eigenvalue weighted by Crippen LogP contribution is 2.25. The molecule has 1 aromatic carbocycles. The number of carbonyl (C=O) groups is 1. The summed E-state index contributed by atoms with van der Waals surface area (Å²) in [5.41, 5.74) is 1.95. The lowest BCUT2D eigenvalue weighted by Crippen LogP contribution is -2.50. The molecule has 0 radical (unpaired) electrons. The van der Waals surface area contributed by atoms with Crippen LogP contribution in [0, 0.1) is 0 Å². The minimum absolute atomic E-state index is 0. The molecule has 4 atom stereocenters. The molecule has 3 rings (SSSR count). The predicted molar refractivity (Wildman–Crippen MR) is 117 cm³/mol. The van der Waals surface area contributed by atoms with Crippen molar-refractivity contribution in [3.05, 3.63) is 52.7 Å². The van der Waals surface area contributed by atoms with Gasteiger partial charge in [0.25, 0.3) is 0 Å². The highest BCUT2D eigenvalue weighted by molar-refractivity contribution is 7.08. The first-order chi connectivity index (χ1) is 13.6. The smallest absolute Gasteiger partial charge is 0.319 e. The Morgan fingerprint density at radius 3 is 2.66 bits per heavy atom. The maximum absolute atomic E-state index is 12.1. The van der Waals surface area contributed by atoms with Gasteiger partial charge in [-0.25, -0.2) is 4.79 Å². The van der Waals surface area contributed by atoms with Gasteiger partial charge in [0, 0.05) is 18.5 Å². The van der Waals surface area contributed by atoms with Crippen molar-refractivity contribution in [2.75, 3.05) is 32.1 Å². The van der Waals surface area contributed by atoms with Gasteiger partial charge in [0.15, 0.2) is 0 Å². The van der Waals surface area contributed by atoms with E-state index >= 15 is 0 Å². The van der Waals surface area contributed by atoms with Gasteiger partial charge in [-0.2, -0.15) is 11.3 Å². The second-order valence-corrected chi connectivity index (χ2v) is 7.72. The van der Waals surface area contributed by atoms with Crippen molar-refractivity contribution in [3.63, 3.8) is 0 Å². The van der Waals surface area contributed by atoms with Crippen molar-refractivity contribution < 1.29 is 19.7 Å². The van der Waals surface area contributed by atoms with E-state index in [2.05, 4.69) is 22.8 Å². The number of carbonyl (C=O) groups excluding carboxylic acids is 1. The van der Waals surface area contributed by atoms with Crippen molar-refractivity contribution in [1.82, 2.24) is 10.2 Å². The molecule has 0 aliphatic carbocycles. The van der Waals surface area contributed by atoms with Crippen LogP contribution in [0.1, 0.15) is 5.56 Å². The van der Waals surface area contributed by atoms with Gasteiger partial charge < -0.3 is 25.6 Å². The van der Waals surface area contributed by atoms with E-state index in [1.807, 2.05) is 47.0 Å². The molecule has 1 aromatic heterocycles. The minimum atomic E-state index is -0.822. The summed E-state index contributed by atoms with van der Waals surface area (Å²) < 4.78 is 5.81. The SMILES string of the molecule is CN(CCc1ccccc1)[C@@H]1[C@H](O)[C@H](CO)O[C@@H]1CNC(=O)Nc1ccsc1.Cl. The van der Waals surface area contributed by atoms with Gasteiger partial charge in [0.1, 0.15) is 12.2 Å². The third kappa shape index (κ3) is 6.40. The van der Waals surface area contributed by atoms with E-state index < -0.39 is 18.3 Å². The fourth-order valence-corrected chi connectivity index (χ4v) is 4.08. The fourth-order valence-electron chi connectivity index (χ4n) is 3.49. The van der Waals surface area contributed by atoms with Crippen molar-refractivity contribution in [3.8, 4) is 0 Å². The van der Waals surface area contributed by atoms with Crippen LogP contribution in [-0.4, -0.2) is 72.2 Å². The number of benzene rings is 1. The zero-order valence-electron chi connectivity index (χ0n) is 16.2. The molecule has 1 aliphatic rings. The summed E-state index contributed by atoms with van der Waals surface area (Å²) in [7, 11) is 1.93. The van der Waals surface area contributed by atoms with E-state index in [4.69, 9.17) is 4.74 Å². The number of nitrogens with one attached hydrogen (secondary N) is 2. The molecule has 0 saturated carbocycles. The van der Waals surface area contributed by atoms with Crippen LogP contribution < -0.4 is 10.6 Å². The first kappa shape index (κ1) is 23.6. The lowest BCUT2D eigenvalue weighted by Gasteiger charge is -2.30. The molecule has 2 amide bonds. The number of rotatable bonds is 8. The monoisotopic (exact) mass is 441 g/mol. The van der Waals surface area contributed by atoms with E-state index in [1.165, 1.54) is 16.9 Å². The van der Waals surface area contributed by atoms with Gasteiger partial charge in [-0.15, -0.1) is 12.4 Å². The maximum atomic E-state index is 12.1. The van der Waals surface area contributed by atoms with Crippen LogP contribution in [0.5, 0.6) is 0 Å². The molecule has 2 heterocycles. The Morgan fingerprint density at radius 2 is 2.00 bits per heavy atom. The summed E-state index contributed by atoms with van der Waals surface area (Å²) in [6.07, 6.45) is -1.06. The van der Waals surface area contributed by atoms with Crippen molar-refractivity contribution in [2.24, 2.45) is 0 Å². The molecule has 29 heavy (non-hydrogen) atoms. The lowest BCUT2D eigenvalue weighted by atomic mass is 10.0. The molecule has 4 N–H and O–H groups in total. The molecule has 0 unspecified atom stereocenters. The van der Waals surface area contributed by atoms with Crippen LogP contribution in [-0.2, 0) is 11.2 Å². The molecule has 0 bridgehead atoms. The average molecular weight is 442 g/mol. The Kier molecular flexibility index (Phi) is 9.35. The average Bonchev–Trinajstić information content (AvgIpc) is 3.32.